The van der Waals surface area contributed by atoms with E-state index in [-0.39, 0.29) is 18.9 Å². The number of likely N-dealkylation sites (tertiary alicyclic amines) is 1. The number of methoxy groups -OCH3 is 1. The lowest BCUT2D eigenvalue weighted by molar-refractivity contribution is -0.151. The molecule has 0 aromatic heterocycles. The molecule has 1 heterocycles. The number of β-amino-alcohol motifs (C(OH)–C–C–N with tert-alkyl or cyclic N) is 1. The van der Waals surface area contributed by atoms with Gasteiger partial charge in [-0.1, -0.05) is 0 Å². The summed E-state index contributed by atoms with van der Waals surface area (Å²) < 4.78 is 4.59. The van der Waals surface area contributed by atoms with E-state index in [2.05, 4.69) is 10.1 Å². The predicted molar refractivity (Wildman–Crippen MR) is 61.4 cm³/mol. The third kappa shape index (κ3) is 3.19. The topological polar surface area (TPSA) is 95.9 Å². The Hall–Kier alpha value is -1.63. The van der Waals surface area contributed by atoms with Crippen molar-refractivity contribution in [2.45, 2.75) is 38.5 Å². The van der Waals surface area contributed by atoms with Crippen LogP contribution in [0.5, 0.6) is 0 Å². The van der Waals surface area contributed by atoms with Gasteiger partial charge in [-0.2, -0.15) is 0 Å². The van der Waals surface area contributed by atoms with Crippen LogP contribution in [0.1, 0.15) is 20.3 Å². The highest BCUT2D eigenvalue weighted by molar-refractivity contribution is 5.90. The standard InChI is InChI=1S/C11H18N2O5/c1-6(12-7(2)14)10(16)13-5-8(15)4-9(13)11(17)18-3/h6,8-9,15H,4-5H2,1-3H3,(H,12,14). The quantitative estimate of drug-likeness (QED) is 0.610. The van der Waals surface area contributed by atoms with E-state index in [1.807, 2.05) is 0 Å². The van der Waals surface area contributed by atoms with Gasteiger partial charge in [-0.3, -0.25) is 9.59 Å². The van der Waals surface area contributed by atoms with E-state index < -0.39 is 30.1 Å². The van der Waals surface area contributed by atoms with Gasteiger partial charge in [0, 0.05) is 19.9 Å². The Morgan fingerprint density at radius 1 is 1.44 bits per heavy atom. The van der Waals surface area contributed by atoms with Crippen LogP contribution < -0.4 is 5.32 Å². The van der Waals surface area contributed by atoms with Crippen LogP contribution in [0.3, 0.4) is 0 Å². The molecule has 7 nitrogen and oxygen atoms in total. The third-order valence-corrected chi connectivity index (χ3v) is 2.83. The zero-order valence-corrected chi connectivity index (χ0v) is 10.7. The molecule has 7 heteroatoms. The number of carbonyl (C=O) groups is 3. The van der Waals surface area contributed by atoms with E-state index in [1.165, 1.54) is 25.9 Å². The molecule has 0 radical (unpaired) electrons. The maximum Gasteiger partial charge on any atom is 0.328 e. The summed E-state index contributed by atoms with van der Waals surface area (Å²) in [5.41, 5.74) is 0. The van der Waals surface area contributed by atoms with E-state index in [1.54, 1.807) is 0 Å². The number of esters is 1. The first-order chi connectivity index (χ1) is 8.36. The fourth-order valence-corrected chi connectivity index (χ4v) is 2.03. The number of hydrogen-bond acceptors (Lipinski definition) is 5. The second-order valence-corrected chi connectivity index (χ2v) is 4.34. The predicted octanol–water partition coefficient (Wildman–Crippen LogP) is -1.35. The molecule has 1 saturated heterocycles. The van der Waals surface area contributed by atoms with Crippen molar-refractivity contribution in [1.82, 2.24) is 10.2 Å². The molecule has 2 amide bonds. The number of ether oxygens (including phenoxy) is 1. The highest BCUT2D eigenvalue weighted by atomic mass is 16.5. The van der Waals surface area contributed by atoms with E-state index in [0.717, 1.165) is 0 Å². The molecule has 3 unspecified atom stereocenters. The van der Waals surface area contributed by atoms with Crippen LogP contribution in [0.15, 0.2) is 0 Å². The molecule has 102 valence electrons. The molecule has 18 heavy (non-hydrogen) atoms. The number of aliphatic hydroxyl groups is 1. The van der Waals surface area contributed by atoms with E-state index in [0.29, 0.717) is 0 Å². The van der Waals surface area contributed by atoms with E-state index >= 15 is 0 Å². The second kappa shape index (κ2) is 5.81. The number of rotatable bonds is 3. The monoisotopic (exact) mass is 258 g/mol. The molecule has 1 aliphatic rings. The summed E-state index contributed by atoms with van der Waals surface area (Å²) in [5.74, 6) is -1.29. The smallest absolute Gasteiger partial charge is 0.328 e. The maximum atomic E-state index is 12.0. The van der Waals surface area contributed by atoms with Gasteiger partial charge >= 0.3 is 5.97 Å². The fraction of sp³-hybridized carbons (Fsp3) is 0.727. The van der Waals surface area contributed by atoms with Gasteiger partial charge < -0.3 is 20.1 Å². The molecule has 1 aliphatic heterocycles. The summed E-state index contributed by atoms with van der Waals surface area (Å²) >= 11 is 0. The largest absolute Gasteiger partial charge is 0.467 e. The summed E-state index contributed by atoms with van der Waals surface area (Å²) in [6.07, 6.45) is -0.590. The molecule has 3 atom stereocenters. The van der Waals surface area contributed by atoms with Crippen molar-refractivity contribution in [1.29, 1.82) is 0 Å². The second-order valence-electron chi connectivity index (χ2n) is 4.34. The third-order valence-electron chi connectivity index (χ3n) is 2.83. The van der Waals surface area contributed by atoms with Gasteiger partial charge in [0.05, 0.1) is 13.2 Å². The molecule has 0 bridgehead atoms. The van der Waals surface area contributed by atoms with Crippen LogP contribution in [0.25, 0.3) is 0 Å². The van der Waals surface area contributed by atoms with Gasteiger partial charge in [-0.05, 0) is 6.92 Å². The van der Waals surface area contributed by atoms with Crippen molar-refractivity contribution >= 4 is 17.8 Å². The Labute approximate surface area is 105 Å². The number of nitrogens with one attached hydrogen (secondary N) is 1. The van der Waals surface area contributed by atoms with Crippen molar-refractivity contribution in [3.05, 3.63) is 0 Å². The Bertz CT molecular complexity index is 357. The average molecular weight is 258 g/mol. The van der Waals surface area contributed by atoms with Crippen LogP contribution in [0, 0.1) is 0 Å². The number of aliphatic hydroxyl groups excluding tert-OH is 1. The summed E-state index contributed by atoms with van der Waals surface area (Å²) in [5, 5.41) is 12.0. The van der Waals surface area contributed by atoms with Gasteiger partial charge in [-0.15, -0.1) is 0 Å². The number of amides is 2. The highest BCUT2D eigenvalue weighted by Gasteiger charge is 2.40. The van der Waals surface area contributed by atoms with Crippen LogP contribution in [-0.2, 0) is 19.1 Å². The van der Waals surface area contributed by atoms with Gasteiger partial charge in [-0.25, -0.2) is 4.79 Å². The summed E-state index contributed by atoms with van der Waals surface area (Å²) in [4.78, 5) is 35.7. The van der Waals surface area contributed by atoms with Gasteiger partial charge in [0.2, 0.25) is 11.8 Å². The Morgan fingerprint density at radius 3 is 2.56 bits per heavy atom. The Balaban J connectivity index is 2.76. The van der Waals surface area contributed by atoms with Crippen molar-refractivity contribution in [3.8, 4) is 0 Å². The first-order valence-corrected chi connectivity index (χ1v) is 5.70. The molecule has 1 rings (SSSR count). The minimum Gasteiger partial charge on any atom is -0.467 e. The molecular weight excluding hydrogens is 240 g/mol. The zero-order valence-electron chi connectivity index (χ0n) is 10.7. The van der Waals surface area contributed by atoms with Gasteiger partial charge in [0.1, 0.15) is 12.1 Å². The SMILES string of the molecule is COC(=O)C1CC(O)CN1C(=O)C(C)NC(C)=O. The normalized spacial score (nSPS) is 24.6. The molecule has 0 spiro atoms. The minimum atomic E-state index is -0.784. The van der Waals surface area contributed by atoms with Crippen LogP contribution in [0.2, 0.25) is 0 Å². The lowest BCUT2D eigenvalue weighted by atomic mass is 10.2. The summed E-state index contributed by atoms with van der Waals surface area (Å²) in [6.45, 7) is 2.91. The first-order valence-electron chi connectivity index (χ1n) is 5.70. The van der Waals surface area contributed by atoms with Crippen LogP contribution >= 0.6 is 0 Å². The van der Waals surface area contributed by atoms with Crippen molar-refractivity contribution in [2.75, 3.05) is 13.7 Å². The molecule has 0 aromatic carbocycles. The summed E-state index contributed by atoms with van der Waals surface area (Å²) in [7, 11) is 1.23. The number of hydrogen-bond donors (Lipinski definition) is 2. The highest BCUT2D eigenvalue weighted by Crippen LogP contribution is 2.20. The van der Waals surface area contributed by atoms with E-state index in [4.69, 9.17) is 0 Å². The zero-order chi connectivity index (χ0) is 13.9. The molecule has 2 N–H and O–H groups in total. The van der Waals surface area contributed by atoms with Crippen molar-refractivity contribution in [3.63, 3.8) is 0 Å². The Morgan fingerprint density at radius 2 is 2.06 bits per heavy atom. The Kier molecular flexibility index (Phi) is 4.66. The van der Waals surface area contributed by atoms with Crippen molar-refractivity contribution in [2.24, 2.45) is 0 Å². The van der Waals surface area contributed by atoms with Crippen LogP contribution in [0.4, 0.5) is 0 Å². The number of nitrogens with zero attached hydrogens (tertiary/aromatic N) is 1. The van der Waals surface area contributed by atoms with E-state index in [9.17, 15) is 19.5 Å². The lowest BCUT2D eigenvalue weighted by Gasteiger charge is -2.25. The number of carbonyl (C=O) groups excluding carboxylic acids is 3. The van der Waals surface area contributed by atoms with Gasteiger partial charge in [0.25, 0.3) is 0 Å². The molecule has 0 saturated carbocycles. The molecule has 1 fully saturated rings. The van der Waals surface area contributed by atoms with Gasteiger partial charge in [0.15, 0.2) is 0 Å². The molecule has 0 aliphatic carbocycles. The molecular formula is C11H18N2O5. The fourth-order valence-electron chi connectivity index (χ4n) is 2.03. The first kappa shape index (κ1) is 14.4. The van der Waals surface area contributed by atoms with Crippen LogP contribution in [-0.4, -0.2) is 59.6 Å². The average Bonchev–Trinajstić information content (AvgIpc) is 2.68. The molecule has 0 aromatic rings. The lowest BCUT2D eigenvalue weighted by Crippen LogP contribution is -2.50. The van der Waals surface area contributed by atoms with Crippen molar-refractivity contribution < 1.29 is 24.2 Å². The summed E-state index contributed by atoms with van der Waals surface area (Å²) in [6, 6.07) is -1.52. The maximum absolute atomic E-state index is 12.0. The minimum absolute atomic E-state index is 0.0719.